The standard InChI is InChI=1S/C14H16N2O/c1-9-3-2-4-11(14(9)16)7-10-5-6-12(17)8-13(10)15/h2-6,8,17H,7,15-16H2,1H3. The number of nitrogens with two attached hydrogens (primary N) is 2. The van der Waals surface area contributed by atoms with E-state index in [0.717, 1.165) is 22.4 Å². The van der Waals surface area contributed by atoms with E-state index in [9.17, 15) is 5.11 Å². The van der Waals surface area contributed by atoms with Gasteiger partial charge in [-0.15, -0.1) is 0 Å². The molecule has 5 N–H and O–H groups in total. The van der Waals surface area contributed by atoms with Crippen molar-refractivity contribution in [2.75, 3.05) is 11.5 Å². The third-order valence-corrected chi connectivity index (χ3v) is 2.92. The van der Waals surface area contributed by atoms with Gasteiger partial charge in [0, 0.05) is 23.9 Å². The molecule has 0 aliphatic heterocycles. The molecule has 17 heavy (non-hydrogen) atoms. The predicted octanol–water partition coefficient (Wildman–Crippen LogP) is 2.46. The minimum atomic E-state index is 0.184. The van der Waals surface area contributed by atoms with Gasteiger partial charge in [-0.3, -0.25) is 0 Å². The molecule has 2 aromatic carbocycles. The Kier molecular flexibility index (Phi) is 2.91. The summed E-state index contributed by atoms with van der Waals surface area (Å²) in [6, 6.07) is 11.0. The normalized spacial score (nSPS) is 10.4. The van der Waals surface area contributed by atoms with E-state index in [4.69, 9.17) is 11.5 Å². The Balaban J connectivity index is 2.35. The van der Waals surface area contributed by atoms with Crippen LogP contribution >= 0.6 is 0 Å². The Bertz CT molecular complexity index is 550. The number of phenolic OH excluding ortho intramolecular Hbond substituents is 1. The Morgan fingerprint density at radius 1 is 1.06 bits per heavy atom. The molecule has 0 bridgehead atoms. The van der Waals surface area contributed by atoms with Crippen molar-refractivity contribution in [2.45, 2.75) is 13.3 Å². The van der Waals surface area contributed by atoms with Crippen molar-refractivity contribution in [3.8, 4) is 5.75 Å². The van der Waals surface area contributed by atoms with E-state index in [2.05, 4.69) is 0 Å². The molecule has 0 unspecified atom stereocenters. The van der Waals surface area contributed by atoms with Crippen molar-refractivity contribution in [3.63, 3.8) is 0 Å². The second kappa shape index (κ2) is 4.37. The summed E-state index contributed by atoms with van der Waals surface area (Å²) in [5.41, 5.74) is 16.4. The van der Waals surface area contributed by atoms with Crippen LogP contribution in [0.2, 0.25) is 0 Å². The van der Waals surface area contributed by atoms with Crippen LogP contribution in [0.1, 0.15) is 16.7 Å². The Morgan fingerprint density at radius 2 is 1.82 bits per heavy atom. The van der Waals surface area contributed by atoms with Gasteiger partial charge in [0.1, 0.15) is 5.75 Å². The van der Waals surface area contributed by atoms with Gasteiger partial charge in [-0.05, 0) is 29.7 Å². The van der Waals surface area contributed by atoms with E-state index >= 15 is 0 Å². The quantitative estimate of drug-likeness (QED) is 0.691. The molecule has 0 aliphatic rings. The SMILES string of the molecule is Cc1cccc(Cc2ccc(O)cc2N)c1N. The van der Waals surface area contributed by atoms with Crippen molar-refractivity contribution in [3.05, 3.63) is 53.1 Å². The van der Waals surface area contributed by atoms with Crippen LogP contribution in [0.4, 0.5) is 11.4 Å². The third-order valence-electron chi connectivity index (χ3n) is 2.92. The van der Waals surface area contributed by atoms with Gasteiger partial charge in [-0.1, -0.05) is 24.3 Å². The zero-order valence-electron chi connectivity index (χ0n) is 9.77. The average molecular weight is 228 g/mol. The van der Waals surface area contributed by atoms with Crippen molar-refractivity contribution in [1.29, 1.82) is 0 Å². The molecule has 0 radical (unpaired) electrons. The second-order valence-corrected chi connectivity index (χ2v) is 4.21. The number of benzene rings is 2. The van der Waals surface area contributed by atoms with E-state index in [1.165, 1.54) is 0 Å². The molecule has 0 spiro atoms. The van der Waals surface area contributed by atoms with Crippen LogP contribution in [0.5, 0.6) is 5.75 Å². The number of hydrogen-bond acceptors (Lipinski definition) is 3. The summed E-state index contributed by atoms with van der Waals surface area (Å²) in [6.45, 7) is 1.99. The molecular formula is C14H16N2O. The number of para-hydroxylation sites is 1. The fraction of sp³-hybridized carbons (Fsp3) is 0.143. The summed E-state index contributed by atoms with van der Waals surface area (Å²) in [7, 11) is 0. The van der Waals surface area contributed by atoms with Crippen LogP contribution in [0.15, 0.2) is 36.4 Å². The first-order valence-electron chi connectivity index (χ1n) is 5.49. The summed E-state index contributed by atoms with van der Waals surface area (Å²) in [6.07, 6.45) is 0.680. The minimum Gasteiger partial charge on any atom is -0.508 e. The Labute approximate surface area is 101 Å². The van der Waals surface area contributed by atoms with E-state index in [1.54, 1.807) is 12.1 Å². The van der Waals surface area contributed by atoms with Gasteiger partial charge in [0.25, 0.3) is 0 Å². The maximum atomic E-state index is 9.30. The van der Waals surface area contributed by atoms with Crippen molar-refractivity contribution in [2.24, 2.45) is 0 Å². The molecule has 88 valence electrons. The number of anilines is 2. The lowest BCUT2D eigenvalue weighted by atomic mass is 9.99. The fourth-order valence-electron chi connectivity index (χ4n) is 1.84. The van der Waals surface area contributed by atoms with E-state index in [-0.39, 0.29) is 5.75 Å². The van der Waals surface area contributed by atoms with Crippen LogP contribution in [0.25, 0.3) is 0 Å². The lowest BCUT2D eigenvalue weighted by molar-refractivity contribution is 0.475. The molecule has 3 heteroatoms. The molecule has 0 saturated carbocycles. The zero-order chi connectivity index (χ0) is 12.4. The number of rotatable bonds is 2. The molecule has 0 aliphatic carbocycles. The highest BCUT2D eigenvalue weighted by atomic mass is 16.3. The number of nitrogen functional groups attached to an aromatic ring is 2. The zero-order valence-corrected chi connectivity index (χ0v) is 9.77. The summed E-state index contributed by atoms with van der Waals surface area (Å²) < 4.78 is 0. The highest BCUT2D eigenvalue weighted by Crippen LogP contribution is 2.25. The van der Waals surface area contributed by atoms with Crippen LogP contribution in [0, 0.1) is 6.92 Å². The number of aryl methyl sites for hydroxylation is 1. The van der Waals surface area contributed by atoms with Gasteiger partial charge in [-0.2, -0.15) is 0 Å². The number of hydrogen-bond donors (Lipinski definition) is 3. The number of phenols is 1. The van der Waals surface area contributed by atoms with Gasteiger partial charge >= 0.3 is 0 Å². The first-order valence-corrected chi connectivity index (χ1v) is 5.49. The van der Waals surface area contributed by atoms with Crippen molar-refractivity contribution < 1.29 is 5.11 Å². The predicted molar refractivity (Wildman–Crippen MR) is 70.9 cm³/mol. The van der Waals surface area contributed by atoms with Crippen molar-refractivity contribution >= 4 is 11.4 Å². The molecule has 2 rings (SSSR count). The molecule has 0 heterocycles. The van der Waals surface area contributed by atoms with Crippen LogP contribution in [0.3, 0.4) is 0 Å². The highest BCUT2D eigenvalue weighted by molar-refractivity contribution is 5.58. The van der Waals surface area contributed by atoms with E-state index < -0.39 is 0 Å². The summed E-state index contributed by atoms with van der Waals surface area (Å²) in [5, 5.41) is 9.30. The molecule has 0 atom stereocenters. The van der Waals surface area contributed by atoms with Crippen LogP contribution in [-0.4, -0.2) is 5.11 Å². The molecule has 0 fully saturated rings. The molecule has 0 saturated heterocycles. The lowest BCUT2D eigenvalue weighted by Gasteiger charge is -2.10. The van der Waals surface area contributed by atoms with Gasteiger partial charge in [0.2, 0.25) is 0 Å². The largest absolute Gasteiger partial charge is 0.508 e. The van der Waals surface area contributed by atoms with E-state index in [0.29, 0.717) is 12.1 Å². The Morgan fingerprint density at radius 3 is 2.53 bits per heavy atom. The van der Waals surface area contributed by atoms with Gasteiger partial charge < -0.3 is 16.6 Å². The second-order valence-electron chi connectivity index (χ2n) is 4.21. The summed E-state index contributed by atoms with van der Waals surface area (Å²) in [4.78, 5) is 0. The molecule has 2 aromatic rings. The maximum absolute atomic E-state index is 9.30. The maximum Gasteiger partial charge on any atom is 0.117 e. The molecule has 0 aromatic heterocycles. The van der Waals surface area contributed by atoms with Gasteiger partial charge in [-0.25, -0.2) is 0 Å². The third kappa shape index (κ3) is 2.33. The fourth-order valence-corrected chi connectivity index (χ4v) is 1.84. The molecule has 0 amide bonds. The monoisotopic (exact) mass is 228 g/mol. The van der Waals surface area contributed by atoms with Crippen LogP contribution in [-0.2, 0) is 6.42 Å². The van der Waals surface area contributed by atoms with Gasteiger partial charge in [0.05, 0.1) is 0 Å². The van der Waals surface area contributed by atoms with Crippen LogP contribution < -0.4 is 11.5 Å². The van der Waals surface area contributed by atoms with Gasteiger partial charge in [0.15, 0.2) is 0 Å². The smallest absolute Gasteiger partial charge is 0.117 e. The number of aromatic hydroxyl groups is 1. The molecular weight excluding hydrogens is 212 g/mol. The highest BCUT2D eigenvalue weighted by Gasteiger charge is 2.06. The van der Waals surface area contributed by atoms with Crippen molar-refractivity contribution in [1.82, 2.24) is 0 Å². The minimum absolute atomic E-state index is 0.184. The lowest BCUT2D eigenvalue weighted by Crippen LogP contribution is -2.00. The summed E-state index contributed by atoms with van der Waals surface area (Å²) in [5.74, 6) is 0.184. The molecule has 3 nitrogen and oxygen atoms in total. The first kappa shape index (κ1) is 11.3. The Hall–Kier alpha value is -2.16. The summed E-state index contributed by atoms with van der Waals surface area (Å²) >= 11 is 0. The topological polar surface area (TPSA) is 72.3 Å². The first-order chi connectivity index (χ1) is 8.08. The average Bonchev–Trinajstić information content (AvgIpc) is 2.28. The van der Waals surface area contributed by atoms with E-state index in [1.807, 2.05) is 31.2 Å².